The van der Waals surface area contributed by atoms with E-state index < -0.39 is 0 Å². The van der Waals surface area contributed by atoms with Crippen molar-refractivity contribution < 1.29 is 4.42 Å². The van der Waals surface area contributed by atoms with E-state index in [0.717, 1.165) is 24.4 Å². The molecule has 2 rings (SSSR count). The molecule has 0 saturated carbocycles. The summed E-state index contributed by atoms with van der Waals surface area (Å²) < 4.78 is 5.47. The van der Waals surface area contributed by atoms with Gasteiger partial charge in [-0.2, -0.15) is 0 Å². The Morgan fingerprint density at radius 1 is 1.56 bits per heavy atom. The number of likely N-dealkylation sites (N-methyl/N-ethyl adjacent to an activating group) is 1. The van der Waals surface area contributed by atoms with Crippen molar-refractivity contribution in [2.75, 3.05) is 20.1 Å². The van der Waals surface area contributed by atoms with Crippen LogP contribution >= 0.6 is 0 Å². The molecule has 0 radical (unpaired) electrons. The summed E-state index contributed by atoms with van der Waals surface area (Å²) in [5.41, 5.74) is 6.47. The van der Waals surface area contributed by atoms with Gasteiger partial charge in [-0.05, 0) is 33.0 Å². The molecule has 0 amide bonds. The second-order valence-electron chi connectivity index (χ2n) is 4.61. The second kappa shape index (κ2) is 5.46. The smallest absolute Gasteiger partial charge is 0.195 e. The first-order valence-electron chi connectivity index (χ1n) is 6.13. The Balaban J connectivity index is 1.91. The van der Waals surface area contributed by atoms with Crippen LogP contribution in [0.15, 0.2) is 10.7 Å². The molecule has 1 aromatic rings. The molecule has 1 aliphatic heterocycles. The third-order valence-electron chi connectivity index (χ3n) is 3.33. The zero-order chi connectivity index (χ0) is 11.4. The van der Waals surface area contributed by atoms with E-state index in [0.29, 0.717) is 12.6 Å². The van der Waals surface area contributed by atoms with E-state index >= 15 is 0 Å². The summed E-state index contributed by atoms with van der Waals surface area (Å²) in [5, 5.41) is 0. The van der Waals surface area contributed by atoms with Gasteiger partial charge in [-0.3, -0.25) is 0 Å². The second-order valence-corrected chi connectivity index (χ2v) is 4.61. The maximum absolute atomic E-state index is 5.49. The Bertz CT molecular complexity index is 324. The van der Waals surface area contributed by atoms with E-state index in [1.807, 2.05) is 0 Å². The molecule has 1 aromatic heterocycles. The van der Waals surface area contributed by atoms with E-state index in [-0.39, 0.29) is 0 Å². The Kier molecular flexibility index (Phi) is 3.96. The molecular formula is C12H21N3O. The van der Waals surface area contributed by atoms with E-state index in [2.05, 4.69) is 16.9 Å². The molecule has 1 saturated heterocycles. The van der Waals surface area contributed by atoms with Crippen molar-refractivity contribution in [3.05, 3.63) is 17.8 Å². The molecule has 0 aliphatic carbocycles. The molecule has 2 N–H and O–H groups in total. The van der Waals surface area contributed by atoms with Crippen LogP contribution in [0.1, 0.15) is 30.8 Å². The minimum Gasteiger partial charge on any atom is -0.449 e. The van der Waals surface area contributed by atoms with Gasteiger partial charge in [-0.25, -0.2) is 4.98 Å². The number of nitrogens with zero attached hydrogens (tertiary/aromatic N) is 2. The lowest BCUT2D eigenvalue weighted by Crippen LogP contribution is -2.37. The summed E-state index contributed by atoms with van der Waals surface area (Å²) in [7, 11) is 2.19. The molecule has 1 unspecified atom stereocenters. The molecule has 0 bridgehead atoms. The van der Waals surface area contributed by atoms with Crippen molar-refractivity contribution in [1.82, 2.24) is 9.88 Å². The van der Waals surface area contributed by atoms with Crippen molar-refractivity contribution in [2.45, 2.75) is 38.1 Å². The minimum atomic E-state index is 0.595. The van der Waals surface area contributed by atoms with E-state index in [1.54, 1.807) is 6.26 Å². The maximum atomic E-state index is 5.49. The first-order valence-corrected chi connectivity index (χ1v) is 6.13. The van der Waals surface area contributed by atoms with Crippen molar-refractivity contribution in [2.24, 2.45) is 5.73 Å². The van der Waals surface area contributed by atoms with E-state index in [9.17, 15) is 0 Å². The van der Waals surface area contributed by atoms with Crippen LogP contribution in [-0.2, 0) is 12.8 Å². The topological polar surface area (TPSA) is 55.3 Å². The van der Waals surface area contributed by atoms with Crippen LogP contribution < -0.4 is 5.73 Å². The predicted octanol–water partition coefficient (Wildman–Crippen LogP) is 1.20. The summed E-state index contributed by atoms with van der Waals surface area (Å²) in [4.78, 5) is 6.87. The number of hydrogen-bond donors (Lipinski definition) is 1. The van der Waals surface area contributed by atoms with E-state index in [4.69, 9.17) is 10.2 Å². The number of rotatable bonds is 4. The van der Waals surface area contributed by atoms with Gasteiger partial charge in [0.2, 0.25) is 0 Å². The summed E-state index contributed by atoms with van der Waals surface area (Å²) in [6.45, 7) is 1.83. The average molecular weight is 223 g/mol. The Hall–Kier alpha value is -0.870. The van der Waals surface area contributed by atoms with Gasteiger partial charge in [0.05, 0.1) is 5.69 Å². The highest BCUT2D eigenvalue weighted by Crippen LogP contribution is 2.18. The maximum Gasteiger partial charge on any atom is 0.195 e. The lowest BCUT2D eigenvalue weighted by Gasteiger charge is -2.31. The van der Waals surface area contributed by atoms with Crippen molar-refractivity contribution in [1.29, 1.82) is 0 Å². The highest BCUT2D eigenvalue weighted by atomic mass is 16.3. The quantitative estimate of drug-likeness (QED) is 0.833. The van der Waals surface area contributed by atoms with Crippen LogP contribution in [0.25, 0.3) is 0 Å². The zero-order valence-corrected chi connectivity index (χ0v) is 9.98. The van der Waals surface area contributed by atoms with Gasteiger partial charge < -0.3 is 15.1 Å². The normalized spacial score (nSPS) is 22.5. The molecule has 4 heteroatoms. The van der Waals surface area contributed by atoms with Gasteiger partial charge in [-0.15, -0.1) is 0 Å². The van der Waals surface area contributed by atoms with Crippen LogP contribution in [0.4, 0.5) is 0 Å². The molecule has 90 valence electrons. The third-order valence-corrected chi connectivity index (χ3v) is 3.33. The van der Waals surface area contributed by atoms with Crippen LogP contribution in [0.2, 0.25) is 0 Å². The summed E-state index contributed by atoms with van der Waals surface area (Å²) in [6.07, 6.45) is 7.38. The van der Waals surface area contributed by atoms with Crippen LogP contribution in [0.3, 0.4) is 0 Å². The molecule has 1 atom stereocenters. The molecule has 4 nitrogen and oxygen atoms in total. The van der Waals surface area contributed by atoms with Crippen molar-refractivity contribution >= 4 is 0 Å². The molecule has 1 aliphatic rings. The number of aromatic nitrogens is 1. The number of piperidine rings is 1. The molecular weight excluding hydrogens is 202 g/mol. The van der Waals surface area contributed by atoms with Gasteiger partial charge >= 0.3 is 0 Å². The van der Waals surface area contributed by atoms with Gasteiger partial charge in [-0.1, -0.05) is 6.42 Å². The SMILES string of the molecule is CN1CCCCC1Cc1nc(CCN)co1. The number of oxazole rings is 1. The zero-order valence-electron chi connectivity index (χ0n) is 9.98. The minimum absolute atomic E-state index is 0.595. The lowest BCUT2D eigenvalue weighted by atomic mass is 10.0. The molecule has 1 fully saturated rings. The fourth-order valence-electron chi connectivity index (χ4n) is 2.31. The van der Waals surface area contributed by atoms with Gasteiger partial charge in [0.25, 0.3) is 0 Å². The predicted molar refractivity (Wildman–Crippen MR) is 63.2 cm³/mol. The molecule has 16 heavy (non-hydrogen) atoms. The fraction of sp³-hybridized carbons (Fsp3) is 0.750. The van der Waals surface area contributed by atoms with Crippen LogP contribution in [0, 0.1) is 0 Å². The Morgan fingerprint density at radius 3 is 3.19 bits per heavy atom. The standard InChI is InChI=1S/C12H21N3O/c1-15-7-3-2-4-11(15)8-12-14-10(5-6-13)9-16-12/h9,11H,2-8,13H2,1H3. The van der Waals surface area contributed by atoms with Gasteiger partial charge in [0, 0.05) is 18.9 Å². The highest BCUT2D eigenvalue weighted by molar-refractivity contribution is 4.99. The summed E-state index contributed by atoms with van der Waals surface area (Å²) in [6, 6.07) is 0.595. The average Bonchev–Trinajstić information content (AvgIpc) is 2.70. The molecule has 0 spiro atoms. The van der Waals surface area contributed by atoms with Crippen molar-refractivity contribution in [3.8, 4) is 0 Å². The number of nitrogens with two attached hydrogens (primary N) is 1. The first kappa shape index (κ1) is 11.6. The Labute approximate surface area is 96.8 Å². The summed E-state index contributed by atoms with van der Waals surface area (Å²) >= 11 is 0. The molecule has 0 aromatic carbocycles. The first-order chi connectivity index (χ1) is 7.79. The van der Waals surface area contributed by atoms with Gasteiger partial charge in [0.1, 0.15) is 6.26 Å². The third kappa shape index (κ3) is 2.83. The lowest BCUT2D eigenvalue weighted by molar-refractivity contribution is 0.177. The van der Waals surface area contributed by atoms with Crippen LogP contribution in [0.5, 0.6) is 0 Å². The summed E-state index contributed by atoms with van der Waals surface area (Å²) in [5.74, 6) is 0.863. The van der Waals surface area contributed by atoms with Gasteiger partial charge in [0.15, 0.2) is 5.89 Å². The fourth-order valence-corrected chi connectivity index (χ4v) is 2.31. The van der Waals surface area contributed by atoms with Crippen LogP contribution in [-0.4, -0.2) is 36.1 Å². The largest absolute Gasteiger partial charge is 0.449 e. The Morgan fingerprint density at radius 2 is 2.44 bits per heavy atom. The highest BCUT2D eigenvalue weighted by Gasteiger charge is 2.21. The number of likely N-dealkylation sites (tertiary alicyclic amines) is 1. The number of hydrogen-bond acceptors (Lipinski definition) is 4. The van der Waals surface area contributed by atoms with Crippen molar-refractivity contribution in [3.63, 3.8) is 0 Å². The monoisotopic (exact) mass is 223 g/mol. The molecule has 2 heterocycles. The van der Waals surface area contributed by atoms with E-state index in [1.165, 1.54) is 25.8 Å².